The van der Waals surface area contributed by atoms with Crippen molar-refractivity contribution in [3.05, 3.63) is 58.9 Å². The van der Waals surface area contributed by atoms with E-state index in [-0.39, 0.29) is 18.0 Å². The second kappa shape index (κ2) is 5.06. The molecule has 4 nitrogen and oxygen atoms in total. The van der Waals surface area contributed by atoms with Gasteiger partial charge >= 0.3 is 0 Å². The minimum absolute atomic E-state index is 0. The van der Waals surface area contributed by atoms with Crippen LogP contribution in [0.4, 0.5) is 0 Å². The van der Waals surface area contributed by atoms with Crippen molar-refractivity contribution in [2.24, 2.45) is 0 Å². The van der Waals surface area contributed by atoms with E-state index < -0.39 is 0 Å². The number of hydrogen-bond acceptors (Lipinski definition) is 3. The zero-order valence-corrected chi connectivity index (χ0v) is 10.2. The monoisotopic (exact) mass is 262 g/mol. The molecule has 1 aliphatic rings. The number of benzene rings is 1. The van der Waals surface area contributed by atoms with Gasteiger partial charge in [0.1, 0.15) is 12.4 Å². The Hall–Kier alpha value is -2.07. The van der Waals surface area contributed by atoms with Crippen molar-refractivity contribution in [1.29, 1.82) is 0 Å². The number of ether oxygens (including phenoxy) is 1. The smallest absolute Gasteiger partial charge is 0.259 e. The summed E-state index contributed by atoms with van der Waals surface area (Å²) in [5.41, 5.74) is 1.46. The van der Waals surface area contributed by atoms with Crippen LogP contribution in [0.15, 0.2) is 47.5 Å². The van der Waals surface area contributed by atoms with Gasteiger partial charge < -0.3 is 9.72 Å². The first-order valence-corrected chi connectivity index (χ1v) is 5.32. The zero-order chi connectivity index (χ0) is 11.7. The van der Waals surface area contributed by atoms with E-state index >= 15 is 0 Å². The number of allylic oxidation sites excluding steroid dienone is 2. The summed E-state index contributed by atoms with van der Waals surface area (Å²) in [4.78, 5) is 19.1. The summed E-state index contributed by atoms with van der Waals surface area (Å²) in [7, 11) is 0. The quantitative estimate of drug-likeness (QED) is 0.858. The van der Waals surface area contributed by atoms with Gasteiger partial charge in [0.05, 0.1) is 17.2 Å². The summed E-state index contributed by atoms with van der Waals surface area (Å²) in [6.07, 6.45) is 5.27. The first kappa shape index (κ1) is 12.4. The van der Waals surface area contributed by atoms with Crippen molar-refractivity contribution in [2.75, 3.05) is 6.61 Å². The van der Waals surface area contributed by atoms with Crippen molar-refractivity contribution in [1.82, 2.24) is 9.97 Å². The molecule has 0 saturated heterocycles. The van der Waals surface area contributed by atoms with E-state index in [4.69, 9.17) is 4.74 Å². The Labute approximate surface area is 109 Å². The van der Waals surface area contributed by atoms with Crippen LogP contribution in [-0.2, 0) is 4.74 Å². The molecule has 2 heterocycles. The summed E-state index contributed by atoms with van der Waals surface area (Å²) in [6.45, 7) is 0.502. The van der Waals surface area contributed by atoms with Gasteiger partial charge in [-0.15, -0.1) is 12.4 Å². The van der Waals surface area contributed by atoms with Crippen LogP contribution in [0.1, 0.15) is 5.82 Å². The molecule has 0 amide bonds. The zero-order valence-electron chi connectivity index (χ0n) is 9.42. The number of halogens is 1. The highest BCUT2D eigenvalue weighted by Gasteiger charge is 2.07. The third-order valence-corrected chi connectivity index (χ3v) is 2.63. The number of aromatic amines is 1. The molecule has 1 aromatic heterocycles. The fourth-order valence-electron chi connectivity index (χ4n) is 1.78. The van der Waals surface area contributed by atoms with Crippen LogP contribution in [0.25, 0.3) is 16.5 Å². The Morgan fingerprint density at radius 2 is 2.11 bits per heavy atom. The fraction of sp³-hybridized carbons (Fsp3) is 0.0769. The highest BCUT2D eigenvalue weighted by molar-refractivity contribution is 5.85. The maximum atomic E-state index is 11.9. The molecule has 0 bridgehead atoms. The second-order valence-electron chi connectivity index (χ2n) is 3.73. The lowest BCUT2D eigenvalue weighted by atomic mass is 10.2. The molecular formula is C13H11ClN2O2. The van der Waals surface area contributed by atoms with E-state index in [2.05, 4.69) is 9.97 Å². The number of nitrogens with one attached hydrogen (secondary N) is 1. The summed E-state index contributed by atoms with van der Waals surface area (Å²) in [6, 6.07) is 7.29. The van der Waals surface area contributed by atoms with Crippen LogP contribution >= 0.6 is 12.4 Å². The molecule has 0 saturated carbocycles. The Kier molecular flexibility index (Phi) is 3.48. The third-order valence-electron chi connectivity index (χ3n) is 2.63. The van der Waals surface area contributed by atoms with Crippen LogP contribution in [0.5, 0.6) is 0 Å². The van der Waals surface area contributed by atoms with Crippen molar-refractivity contribution < 1.29 is 4.74 Å². The molecule has 5 heteroatoms. The molecule has 92 valence electrons. The molecule has 0 radical (unpaired) electrons. The van der Waals surface area contributed by atoms with E-state index in [1.807, 2.05) is 24.3 Å². The summed E-state index contributed by atoms with van der Waals surface area (Å²) in [5, 5.41) is 0.605. The van der Waals surface area contributed by atoms with E-state index in [0.29, 0.717) is 23.3 Å². The van der Waals surface area contributed by atoms with E-state index in [1.165, 1.54) is 0 Å². The van der Waals surface area contributed by atoms with E-state index in [0.717, 1.165) is 5.57 Å². The second-order valence-corrected chi connectivity index (χ2v) is 3.73. The average Bonchev–Trinajstić information content (AvgIpc) is 2.40. The summed E-state index contributed by atoms with van der Waals surface area (Å²) in [5.74, 6) is 0.577. The number of fused-ring (bicyclic) bond motifs is 1. The summed E-state index contributed by atoms with van der Waals surface area (Å²) >= 11 is 0. The van der Waals surface area contributed by atoms with Gasteiger partial charge in [0.2, 0.25) is 0 Å². The lowest BCUT2D eigenvalue weighted by Gasteiger charge is -2.07. The van der Waals surface area contributed by atoms with Crippen molar-refractivity contribution in [3.63, 3.8) is 0 Å². The topological polar surface area (TPSA) is 55.0 Å². The lowest BCUT2D eigenvalue weighted by molar-refractivity contribution is 0.287. The maximum Gasteiger partial charge on any atom is 0.259 e. The molecule has 1 N–H and O–H groups in total. The van der Waals surface area contributed by atoms with Gasteiger partial charge in [0.25, 0.3) is 5.56 Å². The SMILES string of the molecule is Cl.O=c1[nH]c(C2=CCOC=C2)nc2ccccc12. The number of para-hydroxylation sites is 1. The van der Waals surface area contributed by atoms with Gasteiger partial charge in [-0.25, -0.2) is 4.98 Å². The average molecular weight is 263 g/mol. The maximum absolute atomic E-state index is 11.9. The molecule has 1 aromatic carbocycles. The van der Waals surface area contributed by atoms with Crippen LogP contribution in [0.2, 0.25) is 0 Å². The Balaban J connectivity index is 0.00000120. The van der Waals surface area contributed by atoms with Gasteiger partial charge in [-0.2, -0.15) is 0 Å². The molecule has 0 spiro atoms. The molecule has 0 fully saturated rings. The Morgan fingerprint density at radius 3 is 2.89 bits per heavy atom. The molecule has 0 aliphatic carbocycles. The van der Waals surface area contributed by atoms with Gasteiger partial charge in [-0.3, -0.25) is 4.79 Å². The lowest BCUT2D eigenvalue weighted by Crippen LogP contribution is -2.11. The van der Waals surface area contributed by atoms with Gasteiger partial charge in [0.15, 0.2) is 0 Å². The Morgan fingerprint density at radius 1 is 1.28 bits per heavy atom. The molecule has 2 aromatic rings. The first-order valence-electron chi connectivity index (χ1n) is 5.32. The minimum Gasteiger partial charge on any atom is -0.497 e. The molecule has 18 heavy (non-hydrogen) atoms. The molecule has 3 rings (SSSR count). The van der Waals surface area contributed by atoms with E-state index in [9.17, 15) is 4.79 Å². The van der Waals surface area contributed by atoms with Crippen molar-refractivity contribution in [3.8, 4) is 0 Å². The molecular weight excluding hydrogens is 252 g/mol. The van der Waals surface area contributed by atoms with E-state index in [1.54, 1.807) is 18.4 Å². The van der Waals surface area contributed by atoms with Gasteiger partial charge in [-0.05, 0) is 24.3 Å². The first-order chi connectivity index (χ1) is 8.34. The fourth-order valence-corrected chi connectivity index (χ4v) is 1.78. The minimum atomic E-state index is -0.119. The number of rotatable bonds is 1. The standard InChI is InChI=1S/C13H10N2O2.ClH/c16-13-10-3-1-2-4-11(10)14-12(15-13)9-5-7-17-8-6-9;/h1-7H,8H2,(H,14,15,16);1H. The molecule has 0 unspecified atom stereocenters. The van der Waals surface area contributed by atoms with Crippen LogP contribution < -0.4 is 5.56 Å². The Bertz CT molecular complexity index is 689. The number of hydrogen-bond donors (Lipinski definition) is 1. The highest BCUT2D eigenvalue weighted by Crippen LogP contribution is 2.15. The van der Waals surface area contributed by atoms with Crippen molar-refractivity contribution in [2.45, 2.75) is 0 Å². The number of nitrogens with zero attached hydrogens (tertiary/aromatic N) is 1. The normalized spacial score (nSPS) is 13.7. The largest absolute Gasteiger partial charge is 0.497 e. The summed E-state index contributed by atoms with van der Waals surface area (Å²) < 4.78 is 5.06. The third kappa shape index (κ3) is 2.15. The van der Waals surface area contributed by atoms with Crippen molar-refractivity contribution >= 4 is 28.9 Å². The van der Waals surface area contributed by atoms with Crippen LogP contribution in [0.3, 0.4) is 0 Å². The highest BCUT2D eigenvalue weighted by atomic mass is 35.5. The number of aromatic nitrogens is 2. The predicted octanol–water partition coefficient (Wildman–Crippen LogP) is 2.27. The molecule has 0 atom stereocenters. The predicted molar refractivity (Wildman–Crippen MR) is 72.7 cm³/mol. The molecule has 1 aliphatic heterocycles. The number of H-pyrrole nitrogens is 1. The van der Waals surface area contributed by atoms with Crippen LogP contribution in [-0.4, -0.2) is 16.6 Å². The van der Waals surface area contributed by atoms with Gasteiger partial charge in [-0.1, -0.05) is 12.1 Å². The van der Waals surface area contributed by atoms with Crippen LogP contribution in [0, 0.1) is 0 Å². The van der Waals surface area contributed by atoms with Gasteiger partial charge in [0, 0.05) is 5.57 Å².